The Hall–Kier alpha value is -2.69. The Kier molecular flexibility index (Phi) is 7.47. The summed E-state index contributed by atoms with van der Waals surface area (Å²) in [5.74, 6) is -0.207. The lowest BCUT2D eigenvalue weighted by atomic mass is 10.3. The van der Waals surface area contributed by atoms with Gasteiger partial charge in [0.1, 0.15) is 17.3 Å². The summed E-state index contributed by atoms with van der Waals surface area (Å²) < 4.78 is 43.7. The molecular formula is C21H24N2O6S2. The van der Waals surface area contributed by atoms with Gasteiger partial charge in [0.2, 0.25) is 0 Å². The summed E-state index contributed by atoms with van der Waals surface area (Å²) in [5, 5.41) is 0. The Morgan fingerprint density at radius 3 is 2.45 bits per heavy atom. The van der Waals surface area contributed by atoms with Crippen LogP contribution in [0.2, 0.25) is 0 Å². The Bertz CT molecular complexity index is 1230. The molecule has 0 bridgehead atoms. The number of carbonyl (C=O) groups is 1. The maximum Gasteiger partial charge on any atom is 0.263 e. The largest absolute Gasteiger partial charge is 0.497 e. The number of fused-ring (bicyclic) bond motifs is 1. The van der Waals surface area contributed by atoms with Crippen LogP contribution in [0.15, 0.2) is 52.4 Å². The van der Waals surface area contributed by atoms with E-state index in [2.05, 4.69) is 4.99 Å². The summed E-state index contributed by atoms with van der Waals surface area (Å²) in [6.07, 6.45) is 0. The zero-order valence-corrected chi connectivity index (χ0v) is 19.2. The number of amides is 1. The van der Waals surface area contributed by atoms with Crippen LogP contribution in [0.25, 0.3) is 10.2 Å². The highest BCUT2D eigenvalue weighted by molar-refractivity contribution is 7.92. The average Bonchev–Trinajstić information content (AvgIpc) is 3.08. The molecule has 0 spiro atoms. The molecule has 0 aliphatic heterocycles. The fraction of sp³-hybridized carbons (Fsp3) is 0.333. The van der Waals surface area contributed by atoms with Crippen molar-refractivity contribution < 1.29 is 27.4 Å². The van der Waals surface area contributed by atoms with Gasteiger partial charge in [0.15, 0.2) is 14.6 Å². The minimum Gasteiger partial charge on any atom is -0.497 e. The zero-order chi connectivity index (χ0) is 22.4. The number of rotatable bonds is 9. The maximum atomic E-state index is 12.6. The normalized spacial score (nSPS) is 12.3. The van der Waals surface area contributed by atoms with Crippen molar-refractivity contribution in [1.29, 1.82) is 0 Å². The molecule has 1 heterocycles. The molecule has 166 valence electrons. The predicted octanol–water partition coefficient (Wildman–Crippen LogP) is 2.66. The Morgan fingerprint density at radius 1 is 1.10 bits per heavy atom. The van der Waals surface area contributed by atoms with E-state index in [1.165, 1.54) is 42.7 Å². The molecule has 1 amide bonds. The first-order chi connectivity index (χ1) is 14.9. The third-order valence-electron chi connectivity index (χ3n) is 4.44. The molecule has 0 atom stereocenters. The molecule has 0 N–H and O–H groups in total. The number of hydrogen-bond acceptors (Lipinski definition) is 7. The van der Waals surface area contributed by atoms with Gasteiger partial charge in [-0.25, -0.2) is 8.42 Å². The lowest BCUT2D eigenvalue weighted by Crippen LogP contribution is -2.22. The predicted molar refractivity (Wildman–Crippen MR) is 118 cm³/mol. The fourth-order valence-corrected chi connectivity index (χ4v) is 5.17. The molecule has 0 saturated heterocycles. The van der Waals surface area contributed by atoms with E-state index in [-0.39, 0.29) is 4.90 Å². The smallest absolute Gasteiger partial charge is 0.263 e. The van der Waals surface area contributed by atoms with Crippen molar-refractivity contribution in [2.45, 2.75) is 18.4 Å². The molecule has 2 aromatic carbocycles. The van der Waals surface area contributed by atoms with Gasteiger partial charge in [0.25, 0.3) is 5.91 Å². The van der Waals surface area contributed by atoms with E-state index >= 15 is 0 Å². The third-order valence-corrected chi connectivity index (χ3v) is 7.10. The Labute approximate surface area is 184 Å². The van der Waals surface area contributed by atoms with Crippen molar-refractivity contribution in [3.63, 3.8) is 0 Å². The number of hydrogen-bond donors (Lipinski definition) is 0. The molecule has 0 unspecified atom stereocenters. The fourth-order valence-electron chi connectivity index (χ4n) is 2.96. The molecule has 0 aliphatic carbocycles. The van der Waals surface area contributed by atoms with Crippen LogP contribution in [-0.4, -0.2) is 52.1 Å². The number of thiazole rings is 1. The van der Waals surface area contributed by atoms with E-state index in [4.69, 9.17) is 14.2 Å². The van der Waals surface area contributed by atoms with Crippen LogP contribution in [0.5, 0.6) is 11.5 Å². The monoisotopic (exact) mass is 464 g/mol. The lowest BCUT2D eigenvalue weighted by Gasteiger charge is -2.06. The second-order valence-electron chi connectivity index (χ2n) is 6.53. The molecular weight excluding hydrogens is 440 g/mol. The summed E-state index contributed by atoms with van der Waals surface area (Å²) in [4.78, 5) is 17.1. The van der Waals surface area contributed by atoms with Gasteiger partial charge in [-0.15, -0.1) is 0 Å². The first-order valence-corrected chi connectivity index (χ1v) is 12.0. The van der Waals surface area contributed by atoms with Gasteiger partial charge in [-0.3, -0.25) is 4.79 Å². The second-order valence-corrected chi connectivity index (χ2v) is 9.53. The number of methoxy groups -OCH3 is 2. The number of nitrogens with zero attached hydrogens (tertiary/aromatic N) is 2. The lowest BCUT2D eigenvalue weighted by molar-refractivity contribution is -0.115. The van der Waals surface area contributed by atoms with Gasteiger partial charge in [-0.05, 0) is 49.4 Å². The molecule has 3 aromatic rings. The number of carbonyl (C=O) groups excluding carboxylic acids is 1. The first-order valence-electron chi connectivity index (χ1n) is 9.57. The highest BCUT2D eigenvalue weighted by Crippen LogP contribution is 2.23. The second kappa shape index (κ2) is 10.1. The Balaban J connectivity index is 1.94. The average molecular weight is 465 g/mol. The summed E-state index contributed by atoms with van der Waals surface area (Å²) in [6.45, 7) is 3.34. The number of benzene rings is 2. The van der Waals surface area contributed by atoms with Crippen molar-refractivity contribution in [2.75, 3.05) is 33.2 Å². The highest BCUT2D eigenvalue weighted by atomic mass is 32.2. The van der Waals surface area contributed by atoms with Crippen LogP contribution in [0, 0.1) is 0 Å². The van der Waals surface area contributed by atoms with Crippen molar-refractivity contribution in [1.82, 2.24) is 4.57 Å². The highest BCUT2D eigenvalue weighted by Gasteiger charge is 2.20. The topological polar surface area (TPSA) is 96.2 Å². The zero-order valence-electron chi connectivity index (χ0n) is 17.5. The summed E-state index contributed by atoms with van der Waals surface area (Å²) in [6, 6.07) is 11.5. The number of aromatic nitrogens is 1. The summed E-state index contributed by atoms with van der Waals surface area (Å²) in [5.41, 5.74) is 0.870. The standard InChI is InChI=1S/C21H24N2O6S2/c1-4-29-16-7-10-18-19(13-16)30-21(23(18)11-12-27-2)22-20(24)14-31(25,26)17-8-5-15(28-3)6-9-17/h5-10,13H,4,11-12,14H2,1-3H3. The SMILES string of the molecule is CCOc1ccc2c(c1)sc(=NC(=O)CS(=O)(=O)c1ccc(OC)cc1)n2CCOC. The van der Waals surface area contributed by atoms with E-state index in [0.29, 0.717) is 30.3 Å². The van der Waals surface area contributed by atoms with Gasteiger partial charge >= 0.3 is 0 Å². The molecule has 0 saturated carbocycles. The molecule has 10 heteroatoms. The van der Waals surface area contributed by atoms with Crippen molar-refractivity contribution in [2.24, 2.45) is 4.99 Å². The van der Waals surface area contributed by atoms with Crippen LogP contribution in [0.4, 0.5) is 0 Å². The number of sulfone groups is 1. The van der Waals surface area contributed by atoms with Crippen LogP contribution in [0.1, 0.15) is 6.92 Å². The third kappa shape index (κ3) is 5.52. The van der Waals surface area contributed by atoms with Crippen LogP contribution >= 0.6 is 11.3 Å². The first kappa shape index (κ1) is 23.0. The van der Waals surface area contributed by atoms with Crippen molar-refractivity contribution in [3.05, 3.63) is 47.3 Å². The van der Waals surface area contributed by atoms with Crippen LogP contribution < -0.4 is 14.3 Å². The Morgan fingerprint density at radius 2 is 1.81 bits per heavy atom. The van der Waals surface area contributed by atoms with Crippen LogP contribution in [0.3, 0.4) is 0 Å². The molecule has 0 radical (unpaired) electrons. The van der Waals surface area contributed by atoms with Gasteiger partial charge in [-0.2, -0.15) is 4.99 Å². The summed E-state index contributed by atoms with van der Waals surface area (Å²) in [7, 11) is -0.745. The van der Waals surface area contributed by atoms with Crippen LogP contribution in [-0.2, 0) is 25.9 Å². The van der Waals surface area contributed by atoms with Crippen molar-refractivity contribution in [3.8, 4) is 11.5 Å². The molecule has 0 aliphatic rings. The summed E-state index contributed by atoms with van der Waals surface area (Å²) >= 11 is 1.30. The molecule has 3 rings (SSSR count). The van der Waals surface area contributed by atoms with Gasteiger partial charge in [0.05, 0.1) is 35.4 Å². The molecule has 31 heavy (non-hydrogen) atoms. The number of ether oxygens (including phenoxy) is 3. The molecule has 8 nitrogen and oxygen atoms in total. The van der Waals surface area contributed by atoms with E-state index in [0.717, 1.165) is 16.0 Å². The van der Waals surface area contributed by atoms with E-state index in [1.807, 2.05) is 29.7 Å². The van der Waals surface area contributed by atoms with E-state index in [1.54, 1.807) is 7.11 Å². The van der Waals surface area contributed by atoms with Gasteiger partial charge in [-0.1, -0.05) is 11.3 Å². The van der Waals surface area contributed by atoms with E-state index < -0.39 is 21.5 Å². The van der Waals surface area contributed by atoms with E-state index in [9.17, 15) is 13.2 Å². The minimum atomic E-state index is -3.83. The van der Waals surface area contributed by atoms with Gasteiger partial charge in [0, 0.05) is 13.7 Å². The molecule has 1 aromatic heterocycles. The quantitative estimate of drug-likeness (QED) is 0.483. The van der Waals surface area contributed by atoms with Crippen molar-refractivity contribution >= 4 is 37.3 Å². The molecule has 0 fully saturated rings. The van der Waals surface area contributed by atoms with Gasteiger partial charge < -0.3 is 18.8 Å². The minimum absolute atomic E-state index is 0.0433. The maximum absolute atomic E-state index is 12.6.